The molecular weight excluding hydrogens is 356 g/mol. The van der Waals surface area contributed by atoms with Gasteiger partial charge >= 0.3 is 0 Å². The van der Waals surface area contributed by atoms with Gasteiger partial charge in [0.05, 0.1) is 26.3 Å². The molecule has 3 rings (SSSR count). The molecule has 6 heteroatoms. The van der Waals surface area contributed by atoms with Gasteiger partial charge in [-0.2, -0.15) is 0 Å². The van der Waals surface area contributed by atoms with Gasteiger partial charge in [0.1, 0.15) is 11.5 Å². The molecular formula is C22H30N2O4. The van der Waals surface area contributed by atoms with Gasteiger partial charge in [0.2, 0.25) is 0 Å². The van der Waals surface area contributed by atoms with E-state index < -0.39 is 0 Å². The van der Waals surface area contributed by atoms with Crippen molar-refractivity contribution in [3.63, 3.8) is 0 Å². The van der Waals surface area contributed by atoms with Crippen molar-refractivity contribution in [2.24, 2.45) is 5.92 Å². The van der Waals surface area contributed by atoms with Gasteiger partial charge in [-0.3, -0.25) is 9.69 Å². The second kappa shape index (κ2) is 9.64. The Bertz CT molecular complexity index is 787. The number of amides is 1. The van der Waals surface area contributed by atoms with E-state index in [1.165, 1.54) is 0 Å². The molecule has 0 spiro atoms. The Hall–Kier alpha value is -2.47. The average molecular weight is 386 g/mol. The van der Waals surface area contributed by atoms with Gasteiger partial charge < -0.3 is 19.2 Å². The first-order valence-corrected chi connectivity index (χ1v) is 9.93. The Kier molecular flexibility index (Phi) is 6.98. The van der Waals surface area contributed by atoms with Crippen LogP contribution in [0.5, 0.6) is 11.5 Å². The van der Waals surface area contributed by atoms with Gasteiger partial charge in [-0.25, -0.2) is 0 Å². The molecule has 28 heavy (non-hydrogen) atoms. The molecule has 1 unspecified atom stereocenters. The summed E-state index contributed by atoms with van der Waals surface area (Å²) in [5, 5.41) is 3.07. The largest absolute Gasteiger partial charge is 0.493 e. The number of ether oxygens (including phenoxy) is 2. The van der Waals surface area contributed by atoms with Gasteiger partial charge in [-0.05, 0) is 49.6 Å². The van der Waals surface area contributed by atoms with Crippen molar-refractivity contribution >= 4 is 5.91 Å². The highest BCUT2D eigenvalue weighted by Gasteiger charge is 2.23. The highest BCUT2D eigenvalue weighted by atomic mass is 16.5. The van der Waals surface area contributed by atoms with Gasteiger partial charge in [0.25, 0.3) is 5.91 Å². The van der Waals surface area contributed by atoms with E-state index in [-0.39, 0.29) is 5.91 Å². The maximum Gasteiger partial charge on any atom is 0.255 e. The molecule has 1 aliphatic rings. The summed E-state index contributed by atoms with van der Waals surface area (Å²) < 4.78 is 16.5. The standard InChI is InChI=1S/C22H30N2O4/c1-4-17-10-11-18(28-17)15-24-12-6-7-16(14-24)13-23-22(25)19-8-5-9-20(26-2)21(19)27-3/h5,8-11,16H,4,6-7,12-15H2,1-3H3,(H,23,25). The number of rotatable bonds is 8. The van der Waals surface area contributed by atoms with E-state index >= 15 is 0 Å². The van der Waals surface area contributed by atoms with Crippen molar-refractivity contribution in [2.75, 3.05) is 33.9 Å². The number of likely N-dealkylation sites (tertiary alicyclic amines) is 1. The number of piperidine rings is 1. The fraction of sp³-hybridized carbons (Fsp3) is 0.500. The highest BCUT2D eigenvalue weighted by molar-refractivity contribution is 5.97. The molecule has 1 aliphatic heterocycles. The smallest absolute Gasteiger partial charge is 0.255 e. The molecule has 2 aromatic rings. The number of nitrogens with zero attached hydrogens (tertiary/aromatic N) is 1. The zero-order valence-corrected chi connectivity index (χ0v) is 17.0. The third-order valence-electron chi connectivity index (χ3n) is 5.25. The number of para-hydroxylation sites is 1. The molecule has 1 atom stereocenters. The average Bonchev–Trinajstić information content (AvgIpc) is 3.19. The number of hydrogen-bond donors (Lipinski definition) is 1. The van der Waals surface area contributed by atoms with Crippen molar-refractivity contribution in [3.8, 4) is 11.5 Å². The maximum atomic E-state index is 12.7. The lowest BCUT2D eigenvalue weighted by atomic mass is 9.97. The van der Waals surface area contributed by atoms with Crippen LogP contribution in [-0.2, 0) is 13.0 Å². The number of methoxy groups -OCH3 is 2. The Labute approximate surface area is 166 Å². The van der Waals surface area contributed by atoms with Gasteiger partial charge in [-0.15, -0.1) is 0 Å². The number of aryl methyl sites for hydroxylation is 1. The summed E-state index contributed by atoms with van der Waals surface area (Å²) in [4.78, 5) is 15.1. The van der Waals surface area contributed by atoms with Crippen LogP contribution in [0.2, 0.25) is 0 Å². The van der Waals surface area contributed by atoms with Crippen molar-refractivity contribution in [1.82, 2.24) is 10.2 Å². The van der Waals surface area contributed by atoms with Crippen LogP contribution in [0.15, 0.2) is 34.7 Å². The second-order valence-corrected chi connectivity index (χ2v) is 7.22. The van der Waals surface area contributed by atoms with Crippen LogP contribution in [0, 0.1) is 5.92 Å². The Morgan fingerprint density at radius 2 is 2.04 bits per heavy atom. The second-order valence-electron chi connectivity index (χ2n) is 7.22. The Morgan fingerprint density at radius 3 is 2.75 bits per heavy atom. The quantitative estimate of drug-likeness (QED) is 0.752. The van der Waals surface area contributed by atoms with Crippen LogP contribution in [-0.4, -0.2) is 44.7 Å². The van der Waals surface area contributed by atoms with Crippen LogP contribution in [0.4, 0.5) is 0 Å². The molecule has 2 heterocycles. The fourth-order valence-corrected chi connectivity index (χ4v) is 3.78. The molecule has 6 nitrogen and oxygen atoms in total. The SMILES string of the molecule is CCc1ccc(CN2CCCC(CNC(=O)c3cccc(OC)c3OC)C2)o1. The Balaban J connectivity index is 1.55. The molecule has 152 valence electrons. The summed E-state index contributed by atoms with van der Waals surface area (Å²) in [6.45, 7) is 5.59. The number of hydrogen-bond acceptors (Lipinski definition) is 5. The molecule has 0 bridgehead atoms. The summed E-state index contributed by atoms with van der Waals surface area (Å²) in [6, 6.07) is 9.46. The molecule has 0 aliphatic carbocycles. The van der Waals surface area contributed by atoms with Crippen LogP contribution >= 0.6 is 0 Å². The first kappa shape index (κ1) is 20.3. The zero-order chi connectivity index (χ0) is 19.9. The Morgan fingerprint density at radius 1 is 1.21 bits per heavy atom. The topological polar surface area (TPSA) is 63.9 Å². The maximum absolute atomic E-state index is 12.7. The lowest BCUT2D eigenvalue weighted by molar-refractivity contribution is 0.0924. The minimum absolute atomic E-state index is 0.133. The number of carbonyl (C=O) groups is 1. The van der Waals surface area contributed by atoms with Crippen molar-refractivity contribution in [1.29, 1.82) is 0 Å². The summed E-state index contributed by atoms with van der Waals surface area (Å²) >= 11 is 0. The third kappa shape index (κ3) is 4.87. The number of nitrogens with one attached hydrogen (secondary N) is 1. The fourth-order valence-electron chi connectivity index (χ4n) is 3.78. The number of benzene rings is 1. The molecule has 0 radical (unpaired) electrons. The summed E-state index contributed by atoms with van der Waals surface area (Å²) in [5.74, 6) is 3.37. The number of furan rings is 1. The monoisotopic (exact) mass is 386 g/mol. The summed E-state index contributed by atoms with van der Waals surface area (Å²) in [6.07, 6.45) is 3.16. The van der Waals surface area contributed by atoms with Crippen molar-refractivity contribution in [2.45, 2.75) is 32.7 Å². The predicted molar refractivity (Wildman–Crippen MR) is 108 cm³/mol. The molecule has 1 saturated heterocycles. The van der Waals surface area contributed by atoms with E-state index in [1.807, 2.05) is 0 Å². The van der Waals surface area contributed by atoms with Gasteiger partial charge in [0, 0.05) is 19.5 Å². The summed E-state index contributed by atoms with van der Waals surface area (Å²) in [5.41, 5.74) is 0.497. The van der Waals surface area contributed by atoms with Crippen LogP contribution in [0.25, 0.3) is 0 Å². The van der Waals surface area contributed by atoms with Crippen LogP contribution in [0.1, 0.15) is 41.6 Å². The molecule has 1 amide bonds. The first-order chi connectivity index (χ1) is 13.6. The summed E-state index contributed by atoms with van der Waals surface area (Å²) in [7, 11) is 3.12. The lowest BCUT2D eigenvalue weighted by Gasteiger charge is -2.32. The molecule has 1 fully saturated rings. The van der Waals surface area contributed by atoms with Gasteiger partial charge in [0.15, 0.2) is 11.5 Å². The zero-order valence-electron chi connectivity index (χ0n) is 17.0. The molecule has 0 saturated carbocycles. The van der Waals surface area contributed by atoms with E-state index in [2.05, 4.69) is 29.3 Å². The van der Waals surface area contributed by atoms with Crippen molar-refractivity contribution < 1.29 is 18.7 Å². The molecule has 1 aromatic heterocycles. The van der Waals surface area contributed by atoms with E-state index in [4.69, 9.17) is 13.9 Å². The van der Waals surface area contributed by atoms with E-state index in [0.717, 1.165) is 50.4 Å². The van der Waals surface area contributed by atoms with E-state index in [1.54, 1.807) is 32.4 Å². The molecule has 1 N–H and O–H groups in total. The predicted octanol–water partition coefficient (Wildman–Crippen LogP) is 3.50. The van der Waals surface area contributed by atoms with E-state index in [0.29, 0.717) is 29.5 Å². The van der Waals surface area contributed by atoms with Crippen LogP contribution < -0.4 is 14.8 Å². The van der Waals surface area contributed by atoms with Crippen LogP contribution in [0.3, 0.4) is 0 Å². The highest BCUT2D eigenvalue weighted by Crippen LogP contribution is 2.30. The normalized spacial score (nSPS) is 17.3. The molecule has 1 aromatic carbocycles. The lowest BCUT2D eigenvalue weighted by Crippen LogP contribution is -2.40. The van der Waals surface area contributed by atoms with Gasteiger partial charge in [-0.1, -0.05) is 13.0 Å². The third-order valence-corrected chi connectivity index (χ3v) is 5.25. The van der Waals surface area contributed by atoms with E-state index in [9.17, 15) is 4.79 Å². The minimum Gasteiger partial charge on any atom is -0.493 e. The first-order valence-electron chi connectivity index (χ1n) is 9.93. The number of carbonyl (C=O) groups excluding carboxylic acids is 1. The van der Waals surface area contributed by atoms with Crippen molar-refractivity contribution in [3.05, 3.63) is 47.4 Å². The minimum atomic E-state index is -0.133.